The molecule has 198 valence electrons. The summed E-state index contributed by atoms with van der Waals surface area (Å²) in [6.45, 7) is 3.26. The fourth-order valence-electron chi connectivity index (χ4n) is 5.08. The number of hydrogen-bond donors (Lipinski definition) is 1. The smallest absolute Gasteiger partial charge is 0.336 e. The third kappa shape index (κ3) is 5.31. The third-order valence-electron chi connectivity index (χ3n) is 6.92. The number of allylic oxidation sites excluding steroid dienone is 2. The first-order valence-electron chi connectivity index (χ1n) is 12.4. The second-order valence-electron chi connectivity index (χ2n) is 9.54. The average Bonchev–Trinajstić information content (AvgIpc) is 3.36. The minimum absolute atomic E-state index is 0.0552. The van der Waals surface area contributed by atoms with Crippen LogP contribution in [0.3, 0.4) is 0 Å². The summed E-state index contributed by atoms with van der Waals surface area (Å²) >= 11 is 8.32. The lowest BCUT2D eigenvalue weighted by atomic mass is 9.84. The van der Waals surface area contributed by atoms with Gasteiger partial charge < -0.3 is 10.1 Å². The topological polar surface area (TPSA) is 75.7 Å². The number of nitrogens with one attached hydrogen (secondary N) is 1. The Morgan fingerprint density at radius 3 is 2.66 bits per heavy atom. The first-order valence-corrected chi connectivity index (χ1v) is 15.3. The van der Waals surface area contributed by atoms with Gasteiger partial charge in [-0.3, -0.25) is 4.90 Å². The maximum absolute atomic E-state index is 13.8. The van der Waals surface area contributed by atoms with Crippen molar-refractivity contribution in [1.82, 2.24) is 10.2 Å². The van der Waals surface area contributed by atoms with Crippen LogP contribution in [0.15, 0.2) is 82.2 Å². The number of dihydropyridines is 1. The van der Waals surface area contributed by atoms with E-state index in [-0.39, 0.29) is 22.8 Å². The minimum Gasteiger partial charge on any atom is -0.461 e. The third-order valence-corrected chi connectivity index (χ3v) is 9.98. The van der Waals surface area contributed by atoms with Crippen molar-refractivity contribution in [2.24, 2.45) is 0 Å². The van der Waals surface area contributed by atoms with Crippen molar-refractivity contribution in [3.63, 3.8) is 0 Å². The number of halogens is 1. The number of likely N-dealkylation sites (N-methyl/N-ethyl adjacent to an activating group) is 1. The number of rotatable bonds is 7. The van der Waals surface area contributed by atoms with E-state index in [1.165, 1.54) is 4.88 Å². The molecule has 1 atom stereocenters. The molecule has 0 fully saturated rings. The van der Waals surface area contributed by atoms with E-state index in [1.54, 1.807) is 42.5 Å². The maximum Gasteiger partial charge on any atom is 0.336 e. The van der Waals surface area contributed by atoms with Crippen LogP contribution in [0.4, 0.5) is 0 Å². The quantitative estimate of drug-likeness (QED) is 0.386. The van der Waals surface area contributed by atoms with Crippen LogP contribution in [0.1, 0.15) is 34.4 Å². The number of sulfone groups is 1. The Bertz CT molecular complexity index is 1530. The zero-order chi connectivity index (χ0) is 26.9. The molecule has 2 aliphatic rings. The summed E-state index contributed by atoms with van der Waals surface area (Å²) < 4.78 is 33.4. The van der Waals surface area contributed by atoms with Crippen molar-refractivity contribution in [2.75, 3.05) is 26.0 Å². The zero-order valence-electron chi connectivity index (χ0n) is 21.2. The van der Waals surface area contributed by atoms with Gasteiger partial charge in [-0.1, -0.05) is 60.1 Å². The highest BCUT2D eigenvalue weighted by Crippen LogP contribution is 2.47. The number of esters is 1. The highest BCUT2D eigenvalue weighted by Gasteiger charge is 2.43. The van der Waals surface area contributed by atoms with Crippen LogP contribution in [0.2, 0.25) is 5.02 Å². The molecule has 3 aromatic rings. The second-order valence-corrected chi connectivity index (χ2v) is 13.1. The van der Waals surface area contributed by atoms with Gasteiger partial charge in [0.25, 0.3) is 0 Å². The molecule has 9 heteroatoms. The first kappa shape index (κ1) is 26.7. The predicted molar refractivity (Wildman–Crippen MR) is 152 cm³/mol. The standard InChI is InChI=1S/C29H29ClN2O4S2/c1-19-25(29(33)36-15-14-32(2)18-21-9-7-16-37-21)26(23-11-5-6-12-24(23)30)28-27(31-19)22-10-4-3-8-20(22)13-17-38(28,34)35/h3-12,16,26,31H,13-15,17-18H2,1-2H3. The number of thiophene rings is 1. The van der Waals surface area contributed by atoms with Gasteiger partial charge in [-0.2, -0.15) is 0 Å². The Labute approximate surface area is 232 Å². The fourth-order valence-corrected chi connectivity index (χ4v) is 7.89. The molecule has 0 saturated carbocycles. The van der Waals surface area contributed by atoms with Crippen molar-refractivity contribution >= 4 is 44.4 Å². The number of carbonyl (C=O) groups is 1. The molecule has 0 bridgehead atoms. The van der Waals surface area contributed by atoms with Crippen molar-refractivity contribution in [3.05, 3.63) is 109 Å². The van der Waals surface area contributed by atoms with Gasteiger partial charge in [-0.15, -0.1) is 11.3 Å². The number of hydrogen-bond acceptors (Lipinski definition) is 7. The second kappa shape index (κ2) is 11.1. The summed E-state index contributed by atoms with van der Waals surface area (Å²) in [5, 5.41) is 5.71. The van der Waals surface area contributed by atoms with E-state index < -0.39 is 21.7 Å². The number of aryl methyl sites for hydroxylation is 1. The SMILES string of the molecule is CC1=C(C(=O)OCCN(C)Cc2cccs2)C(c2ccccc2Cl)C2=C(N1)c1ccccc1CCS2(=O)=O. The minimum atomic E-state index is -3.75. The summed E-state index contributed by atoms with van der Waals surface area (Å²) in [5.41, 5.74) is 3.65. The lowest BCUT2D eigenvalue weighted by molar-refractivity contribution is -0.139. The molecule has 1 aromatic heterocycles. The van der Waals surface area contributed by atoms with Crippen molar-refractivity contribution < 1.29 is 17.9 Å². The van der Waals surface area contributed by atoms with E-state index in [4.69, 9.17) is 16.3 Å². The fraction of sp³-hybridized carbons (Fsp3) is 0.276. The van der Waals surface area contributed by atoms with Crippen LogP contribution >= 0.6 is 22.9 Å². The largest absolute Gasteiger partial charge is 0.461 e. The number of nitrogens with zero attached hydrogens (tertiary/aromatic N) is 1. The number of ether oxygens (including phenoxy) is 1. The number of fused-ring (bicyclic) bond motifs is 2. The monoisotopic (exact) mass is 568 g/mol. The molecular formula is C29H29ClN2O4S2. The van der Waals surface area contributed by atoms with Gasteiger partial charge >= 0.3 is 5.97 Å². The van der Waals surface area contributed by atoms with Crippen LogP contribution in [0.5, 0.6) is 0 Å². The molecule has 6 nitrogen and oxygen atoms in total. The van der Waals surface area contributed by atoms with Crippen molar-refractivity contribution in [2.45, 2.75) is 25.8 Å². The highest BCUT2D eigenvalue weighted by molar-refractivity contribution is 7.95. The molecule has 1 unspecified atom stereocenters. The van der Waals surface area contributed by atoms with Gasteiger partial charge in [0, 0.05) is 34.2 Å². The summed E-state index contributed by atoms with van der Waals surface area (Å²) in [6.07, 6.45) is 0.387. The summed E-state index contributed by atoms with van der Waals surface area (Å²) in [7, 11) is -1.77. The Balaban J connectivity index is 1.51. The normalized spacial score (nSPS) is 18.5. The molecule has 0 amide bonds. The Kier molecular flexibility index (Phi) is 7.77. The molecular weight excluding hydrogens is 540 g/mol. The highest BCUT2D eigenvalue weighted by atomic mass is 35.5. The Morgan fingerprint density at radius 2 is 1.89 bits per heavy atom. The first-order chi connectivity index (χ1) is 18.3. The van der Waals surface area contributed by atoms with Gasteiger partial charge in [0.15, 0.2) is 9.84 Å². The Hall–Kier alpha value is -2.91. The average molecular weight is 569 g/mol. The van der Waals surface area contributed by atoms with Gasteiger partial charge in [0.1, 0.15) is 6.61 Å². The zero-order valence-corrected chi connectivity index (χ0v) is 23.6. The summed E-state index contributed by atoms with van der Waals surface area (Å²) in [6, 6.07) is 18.8. The summed E-state index contributed by atoms with van der Waals surface area (Å²) in [4.78, 5) is 17.1. The van der Waals surface area contributed by atoms with E-state index in [9.17, 15) is 13.2 Å². The lowest BCUT2D eigenvalue weighted by Crippen LogP contribution is -2.33. The van der Waals surface area contributed by atoms with Gasteiger partial charge in [0.2, 0.25) is 0 Å². The summed E-state index contributed by atoms with van der Waals surface area (Å²) in [5.74, 6) is -1.49. The molecule has 0 radical (unpaired) electrons. The van der Waals surface area contributed by atoms with Gasteiger partial charge in [-0.25, -0.2) is 13.2 Å². The van der Waals surface area contributed by atoms with Crippen LogP contribution in [0.25, 0.3) is 5.70 Å². The van der Waals surface area contributed by atoms with E-state index >= 15 is 0 Å². The molecule has 1 N–H and O–H groups in total. The maximum atomic E-state index is 13.8. The van der Waals surface area contributed by atoms with E-state index in [0.29, 0.717) is 34.9 Å². The molecule has 2 aliphatic heterocycles. The van der Waals surface area contributed by atoms with E-state index in [0.717, 1.165) is 17.7 Å². The van der Waals surface area contributed by atoms with Crippen LogP contribution in [0, 0.1) is 0 Å². The molecule has 0 spiro atoms. The van der Waals surface area contributed by atoms with Gasteiger partial charge in [0.05, 0.1) is 27.8 Å². The van der Waals surface area contributed by atoms with E-state index in [1.807, 2.05) is 42.8 Å². The van der Waals surface area contributed by atoms with E-state index in [2.05, 4.69) is 16.3 Å². The molecule has 0 saturated heterocycles. The number of carbonyl (C=O) groups excluding carboxylic acids is 1. The molecule has 3 heterocycles. The van der Waals surface area contributed by atoms with Crippen molar-refractivity contribution in [3.8, 4) is 0 Å². The molecule has 5 rings (SSSR count). The van der Waals surface area contributed by atoms with Crippen LogP contribution in [-0.2, 0) is 32.3 Å². The van der Waals surface area contributed by atoms with Gasteiger partial charge in [-0.05, 0) is 49.0 Å². The van der Waals surface area contributed by atoms with Crippen molar-refractivity contribution in [1.29, 1.82) is 0 Å². The number of benzene rings is 2. The molecule has 38 heavy (non-hydrogen) atoms. The van der Waals surface area contributed by atoms with Crippen LogP contribution < -0.4 is 5.32 Å². The molecule has 2 aromatic carbocycles. The predicted octanol–water partition coefficient (Wildman–Crippen LogP) is 5.38. The Morgan fingerprint density at radius 1 is 1.13 bits per heavy atom. The van der Waals surface area contributed by atoms with Crippen LogP contribution in [-0.4, -0.2) is 45.2 Å². The lowest BCUT2D eigenvalue weighted by Gasteiger charge is -2.32. The molecule has 0 aliphatic carbocycles.